The first-order chi connectivity index (χ1) is 10.2. The monoisotopic (exact) mass is 310 g/mol. The Hall–Kier alpha value is -1.56. The zero-order valence-corrected chi connectivity index (χ0v) is 12.8. The van der Waals surface area contributed by atoms with Gasteiger partial charge < -0.3 is 15.0 Å². The van der Waals surface area contributed by atoms with Crippen LogP contribution in [-0.4, -0.2) is 47.2 Å². The minimum atomic E-state index is -0.277. The minimum absolute atomic E-state index is 0.163. The first kappa shape index (κ1) is 14.4. The number of carbonyl (C=O) groups is 1. The van der Waals surface area contributed by atoms with Crippen LogP contribution in [0.25, 0.3) is 0 Å². The van der Waals surface area contributed by atoms with E-state index in [0.717, 1.165) is 43.9 Å². The summed E-state index contributed by atoms with van der Waals surface area (Å²) in [4.78, 5) is 22.1. The van der Waals surface area contributed by atoms with E-state index in [0.29, 0.717) is 17.6 Å². The van der Waals surface area contributed by atoms with Gasteiger partial charge in [0.25, 0.3) is 0 Å². The Kier molecular flexibility index (Phi) is 4.14. The normalized spacial score (nSPS) is 22.0. The van der Waals surface area contributed by atoms with E-state index in [1.54, 1.807) is 11.0 Å². The van der Waals surface area contributed by atoms with Gasteiger partial charge in [-0.05, 0) is 25.7 Å². The van der Waals surface area contributed by atoms with Crippen molar-refractivity contribution in [2.45, 2.75) is 37.6 Å². The van der Waals surface area contributed by atoms with Crippen molar-refractivity contribution in [1.82, 2.24) is 14.9 Å². The highest BCUT2D eigenvalue weighted by Gasteiger charge is 2.28. The van der Waals surface area contributed by atoms with Crippen LogP contribution in [-0.2, 0) is 4.74 Å². The largest absolute Gasteiger partial charge is 0.453 e. The molecule has 1 aromatic rings. The number of nitrogens with one attached hydrogen (secondary N) is 1. The SMILES string of the molecule is COC(=O)N1CCC[C@H](Nc2cc(Cl)nc(C3CC3)n2)C1. The number of amides is 1. The summed E-state index contributed by atoms with van der Waals surface area (Å²) in [5, 5.41) is 3.84. The highest BCUT2D eigenvalue weighted by atomic mass is 35.5. The van der Waals surface area contributed by atoms with Crippen molar-refractivity contribution in [2.24, 2.45) is 0 Å². The molecule has 2 aliphatic rings. The fourth-order valence-electron chi connectivity index (χ4n) is 2.63. The first-order valence-corrected chi connectivity index (χ1v) is 7.67. The lowest BCUT2D eigenvalue weighted by molar-refractivity contribution is 0.113. The first-order valence-electron chi connectivity index (χ1n) is 7.29. The van der Waals surface area contributed by atoms with Gasteiger partial charge in [-0.15, -0.1) is 0 Å². The second-order valence-electron chi connectivity index (χ2n) is 5.61. The molecule has 3 rings (SSSR count). The van der Waals surface area contributed by atoms with Gasteiger partial charge in [-0.2, -0.15) is 0 Å². The summed E-state index contributed by atoms with van der Waals surface area (Å²) in [6.45, 7) is 1.36. The van der Waals surface area contributed by atoms with E-state index in [4.69, 9.17) is 16.3 Å². The lowest BCUT2D eigenvalue weighted by atomic mass is 10.1. The van der Waals surface area contributed by atoms with Gasteiger partial charge in [0.05, 0.1) is 7.11 Å². The molecule has 0 unspecified atom stereocenters. The summed E-state index contributed by atoms with van der Waals surface area (Å²) in [6.07, 6.45) is 3.94. The number of methoxy groups -OCH3 is 1. The van der Waals surface area contributed by atoms with Gasteiger partial charge in [0, 0.05) is 31.1 Å². The molecule has 0 aromatic carbocycles. The topological polar surface area (TPSA) is 67.3 Å². The maximum Gasteiger partial charge on any atom is 0.409 e. The summed E-state index contributed by atoms with van der Waals surface area (Å²) in [5.41, 5.74) is 0. The zero-order chi connectivity index (χ0) is 14.8. The van der Waals surface area contributed by atoms with Crippen LogP contribution in [0.5, 0.6) is 0 Å². The molecule has 2 heterocycles. The van der Waals surface area contributed by atoms with Gasteiger partial charge in [0.1, 0.15) is 16.8 Å². The van der Waals surface area contributed by atoms with Crippen LogP contribution in [0.15, 0.2) is 6.07 Å². The number of carbonyl (C=O) groups excluding carboxylic acids is 1. The van der Waals surface area contributed by atoms with Crippen molar-refractivity contribution in [3.05, 3.63) is 17.0 Å². The van der Waals surface area contributed by atoms with Crippen LogP contribution in [0.3, 0.4) is 0 Å². The zero-order valence-electron chi connectivity index (χ0n) is 12.0. The summed E-state index contributed by atoms with van der Waals surface area (Å²) in [6, 6.07) is 1.90. The molecular weight excluding hydrogens is 292 g/mol. The summed E-state index contributed by atoms with van der Waals surface area (Å²) < 4.78 is 4.78. The molecule has 1 atom stereocenters. The van der Waals surface area contributed by atoms with Gasteiger partial charge >= 0.3 is 6.09 Å². The van der Waals surface area contributed by atoms with Crippen molar-refractivity contribution in [3.8, 4) is 0 Å². The molecule has 6 nitrogen and oxygen atoms in total. The second-order valence-corrected chi connectivity index (χ2v) is 6.00. The highest BCUT2D eigenvalue weighted by molar-refractivity contribution is 6.29. The number of hydrogen-bond donors (Lipinski definition) is 1. The van der Waals surface area contributed by atoms with Gasteiger partial charge in [0.2, 0.25) is 0 Å². The molecule has 7 heteroatoms. The van der Waals surface area contributed by atoms with Crippen molar-refractivity contribution in [1.29, 1.82) is 0 Å². The molecule has 0 bridgehead atoms. The number of aromatic nitrogens is 2. The number of anilines is 1. The quantitative estimate of drug-likeness (QED) is 0.869. The fourth-order valence-corrected chi connectivity index (χ4v) is 2.82. The number of piperidine rings is 1. The minimum Gasteiger partial charge on any atom is -0.453 e. The predicted octanol–water partition coefficient (Wildman–Crippen LogP) is 2.65. The Morgan fingerprint density at radius 2 is 2.24 bits per heavy atom. The van der Waals surface area contributed by atoms with Crippen LogP contribution < -0.4 is 5.32 Å². The maximum atomic E-state index is 11.6. The van der Waals surface area contributed by atoms with Gasteiger partial charge in [-0.3, -0.25) is 0 Å². The number of hydrogen-bond acceptors (Lipinski definition) is 5. The molecule has 1 aliphatic heterocycles. The fraction of sp³-hybridized carbons (Fsp3) is 0.643. The molecule has 1 N–H and O–H groups in total. The van der Waals surface area contributed by atoms with E-state index in [9.17, 15) is 4.79 Å². The number of nitrogens with zero attached hydrogens (tertiary/aromatic N) is 3. The standard InChI is InChI=1S/C14H19ClN4O2/c1-21-14(20)19-6-2-3-10(8-19)16-12-7-11(15)17-13(18-12)9-4-5-9/h7,9-10H,2-6,8H2,1H3,(H,16,17,18)/t10-/m0/s1. The average molecular weight is 311 g/mol. The average Bonchev–Trinajstić information content (AvgIpc) is 3.30. The van der Waals surface area contributed by atoms with Crippen molar-refractivity contribution < 1.29 is 9.53 Å². The molecular formula is C14H19ClN4O2. The lowest BCUT2D eigenvalue weighted by Crippen LogP contribution is -2.45. The Balaban J connectivity index is 1.66. The van der Waals surface area contributed by atoms with Crippen molar-refractivity contribution >= 4 is 23.5 Å². The number of ether oxygens (including phenoxy) is 1. The molecule has 0 spiro atoms. The van der Waals surface area contributed by atoms with Gasteiger partial charge in [-0.25, -0.2) is 14.8 Å². The maximum absolute atomic E-state index is 11.6. The van der Waals surface area contributed by atoms with Crippen LogP contribution in [0, 0.1) is 0 Å². The third-order valence-corrected chi connectivity index (χ3v) is 4.05. The Bertz CT molecular complexity index is 536. The Labute approximate surface area is 128 Å². The van der Waals surface area contributed by atoms with Gasteiger partial charge in [0.15, 0.2) is 0 Å². The lowest BCUT2D eigenvalue weighted by Gasteiger charge is -2.32. The third-order valence-electron chi connectivity index (χ3n) is 3.86. The van der Waals surface area contributed by atoms with Crippen LogP contribution in [0.1, 0.15) is 37.4 Å². The molecule has 21 heavy (non-hydrogen) atoms. The number of likely N-dealkylation sites (tertiary alicyclic amines) is 1. The van der Waals surface area contributed by atoms with E-state index >= 15 is 0 Å². The summed E-state index contributed by atoms with van der Waals surface area (Å²) in [5.74, 6) is 2.03. The highest BCUT2D eigenvalue weighted by Crippen LogP contribution is 2.38. The molecule has 0 radical (unpaired) electrons. The van der Waals surface area contributed by atoms with E-state index in [1.807, 2.05) is 0 Å². The molecule has 114 valence electrons. The number of rotatable bonds is 3. The molecule has 1 aromatic heterocycles. The van der Waals surface area contributed by atoms with Gasteiger partial charge in [-0.1, -0.05) is 11.6 Å². The number of halogens is 1. The van der Waals surface area contributed by atoms with E-state index < -0.39 is 0 Å². The Morgan fingerprint density at radius 3 is 2.95 bits per heavy atom. The van der Waals surface area contributed by atoms with E-state index in [2.05, 4.69) is 15.3 Å². The summed E-state index contributed by atoms with van der Waals surface area (Å²) in [7, 11) is 1.41. The van der Waals surface area contributed by atoms with Crippen LogP contribution >= 0.6 is 11.6 Å². The molecule has 1 saturated heterocycles. The van der Waals surface area contributed by atoms with E-state index in [-0.39, 0.29) is 12.1 Å². The van der Waals surface area contributed by atoms with Crippen molar-refractivity contribution in [3.63, 3.8) is 0 Å². The second kappa shape index (κ2) is 6.05. The Morgan fingerprint density at radius 1 is 1.43 bits per heavy atom. The summed E-state index contributed by atoms with van der Waals surface area (Å²) >= 11 is 6.07. The van der Waals surface area contributed by atoms with Crippen molar-refractivity contribution in [2.75, 3.05) is 25.5 Å². The molecule has 1 saturated carbocycles. The van der Waals surface area contributed by atoms with E-state index in [1.165, 1.54) is 7.11 Å². The third kappa shape index (κ3) is 3.56. The molecule has 2 fully saturated rings. The smallest absolute Gasteiger partial charge is 0.409 e. The van der Waals surface area contributed by atoms with Crippen LogP contribution in [0.2, 0.25) is 5.15 Å². The molecule has 1 aliphatic carbocycles. The predicted molar refractivity (Wildman–Crippen MR) is 79.6 cm³/mol. The molecule has 1 amide bonds. The van der Waals surface area contributed by atoms with Crippen LogP contribution in [0.4, 0.5) is 10.6 Å².